The Bertz CT molecular complexity index is 797. The number of carbonyl (C=O) groups excluding carboxylic acids is 1. The number of hydrogen-bond donors (Lipinski definition) is 1. The molecule has 0 spiro atoms. The van der Waals surface area contributed by atoms with Crippen LogP contribution in [0, 0.1) is 0 Å². The molecule has 0 saturated heterocycles. The first-order valence-electron chi connectivity index (χ1n) is 8.56. The highest BCUT2D eigenvalue weighted by atomic mass is 35.5. The van der Waals surface area contributed by atoms with Gasteiger partial charge in [-0.1, -0.05) is 41.0 Å². The number of rotatable bonds is 8. The Kier molecular flexibility index (Phi) is 8.80. The van der Waals surface area contributed by atoms with Gasteiger partial charge in [-0.05, 0) is 56.9 Å². The molecule has 1 aromatic carbocycles. The Balaban J connectivity index is 2.01. The van der Waals surface area contributed by atoms with Crippen molar-refractivity contribution >= 4 is 52.8 Å². The molecule has 0 unspecified atom stereocenters. The maximum Gasteiger partial charge on any atom is 0.408 e. The lowest BCUT2D eigenvalue weighted by Crippen LogP contribution is -2.35. The molecule has 154 valence electrons. The van der Waals surface area contributed by atoms with Gasteiger partial charge in [-0.2, -0.15) is 11.8 Å². The van der Waals surface area contributed by atoms with E-state index in [-0.39, 0.29) is 0 Å². The highest BCUT2D eigenvalue weighted by Gasteiger charge is 2.24. The molecule has 0 aliphatic carbocycles. The van der Waals surface area contributed by atoms with Gasteiger partial charge in [0.1, 0.15) is 11.6 Å². The van der Waals surface area contributed by atoms with E-state index in [1.165, 1.54) is 11.8 Å². The van der Waals surface area contributed by atoms with Crippen molar-refractivity contribution in [2.24, 2.45) is 0 Å². The van der Waals surface area contributed by atoms with E-state index in [4.69, 9.17) is 32.4 Å². The number of aromatic nitrogens is 2. The predicted molar refractivity (Wildman–Crippen MR) is 115 cm³/mol. The van der Waals surface area contributed by atoms with E-state index >= 15 is 0 Å². The van der Waals surface area contributed by atoms with E-state index in [1.54, 1.807) is 23.9 Å². The van der Waals surface area contributed by atoms with E-state index in [0.29, 0.717) is 33.3 Å². The smallest absolute Gasteiger partial charge is 0.408 e. The highest BCUT2D eigenvalue weighted by Crippen LogP contribution is 2.28. The average molecular weight is 464 g/mol. The fourth-order valence-corrected chi connectivity index (χ4v) is 3.64. The third-order valence-corrected chi connectivity index (χ3v) is 5.64. The molecule has 0 bridgehead atoms. The highest BCUT2D eigenvalue weighted by molar-refractivity contribution is 7.98. The Morgan fingerprint density at radius 2 is 2.04 bits per heavy atom. The fraction of sp³-hybridized carbons (Fsp3) is 0.500. The third kappa shape index (κ3) is 7.73. The zero-order valence-corrected chi connectivity index (χ0v) is 19.3. The number of nitrogens with zero attached hydrogens (tertiary/aromatic N) is 2. The van der Waals surface area contributed by atoms with Gasteiger partial charge in [-0.3, -0.25) is 0 Å². The monoisotopic (exact) mass is 463 g/mol. The number of halogens is 2. The van der Waals surface area contributed by atoms with Crippen LogP contribution in [0.5, 0.6) is 0 Å². The van der Waals surface area contributed by atoms with Crippen molar-refractivity contribution in [2.45, 2.75) is 49.8 Å². The lowest BCUT2D eigenvalue weighted by molar-refractivity contribution is 0.0493. The molecule has 1 atom stereocenters. The second-order valence-corrected chi connectivity index (χ2v) is 9.65. The van der Waals surface area contributed by atoms with Crippen molar-refractivity contribution in [3.05, 3.63) is 39.7 Å². The van der Waals surface area contributed by atoms with Gasteiger partial charge in [-0.25, -0.2) is 4.79 Å². The van der Waals surface area contributed by atoms with E-state index in [9.17, 15) is 4.79 Å². The second kappa shape index (κ2) is 10.6. The second-order valence-electron chi connectivity index (χ2n) is 6.92. The molecule has 1 amide bonds. The maximum atomic E-state index is 12.1. The Labute approximate surface area is 183 Å². The van der Waals surface area contributed by atoms with Crippen LogP contribution in [0.3, 0.4) is 0 Å². The number of alkyl carbamates (subject to hydrolysis) is 1. The molecule has 2 rings (SSSR count). The van der Waals surface area contributed by atoms with Crippen molar-refractivity contribution in [1.82, 2.24) is 15.5 Å². The van der Waals surface area contributed by atoms with E-state index in [2.05, 4.69) is 15.5 Å². The minimum Gasteiger partial charge on any atom is -0.444 e. The van der Waals surface area contributed by atoms with Crippen LogP contribution in [0.25, 0.3) is 0 Å². The summed E-state index contributed by atoms with van der Waals surface area (Å²) in [6.45, 7) is 5.44. The fourth-order valence-electron chi connectivity index (χ4n) is 2.14. The Hall–Kier alpha value is -1.09. The predicted octanol–water partition coefficient (Wildman–Crippen LogP) is 5.99. The molecule has 0 saturated carbocycles. The van der Waals surface area contributed by atoms with Gasteiger partial charge < -0.3 is 14.5 Å². The first-order chi connectivity index (χ1) is 13.2. The van der Waals surface area contributed by atoms with E-state index in [0.717, 1.165) is 11.3 Å². The SMILES string of the molecule is CSCC[C@@H](NC(=O)OC(C)(C)C)c1nnc(SCc2ccc(Cl)c(Cl)c2)o1. The molecule has 6 nitrogen and oxygen atoms in total. The number of nitrogens with one attached hydrogen (secondary N) is 1. The molecule has 0 aliphatic rings. The lowest BCUT2D eigenvalue weighted by atomic mass is 10.2. The van der Waals surface area contributed by atoms with Gasteiger partial charge in [0.15, 0.2) is 0 Å². The van der Waals surface area contributed by atoms with Crippen LogP contribution in [-0.4, -0.2) is 33.9 Å². The van der Waals surface area contributed by atoms with Crippen LogP contribution in [0.2, 0.25) is 10.0 Å². The minimum absolute atomic E-state index is 0.358. The van der Waals surface area contributed by atoms with E-state index in [1.807, 2.05) is 33.1 Å². The molecule has 2 aromatic rings. The summed E-state index contributed by atoms with van der Waals surface area (Å²) in [4.78, 5) is 12.1. The normalized spacial score (nSPS) is 12.6. The number of benzene rings is 1. The standard InChI is InChI=1S/C18H23Cl2N3O3S2/c1-18(2,3)26-16(24)21-14(7-8-27-4)15-22-23-17(25-15)28-10-11-5-6-12(19)13(20)9-11/h5-6,9,14H,7-8,10H2,1-4H3,(H,21,24)/t14-/m1/s1. The van der Waals surface area contributed by atoms with Crippen LogP contribution in [0.15, 0.2) is 27.8 Å². The van der Waals surface area contributed by atoms with Gasteiger partial charge in [0, 0.05) is 5.75 Å². The summed E-state index contributed by atoms with van der Waals surface area (Å²) >= 11 is 15.0. The number of amides is 1. The summed E-state index contributed by atoms with van der Waals surface area (Å²) in [6, 6.07) is 5.04. The van der Waals surface area contributed by atoms with Gasteiger partial charge >= 0.3 is 6.09 Å². The summed E-state index contributed by atoms with van der Waals surface area (Å²) < 4.78 is 11.1. The van der Waals surface area contributed by atoms with Crippen LogP contribution in [0.4, 0.5) is 4.79 Å². The molecule has 0 radical (unpaired) electrons. The van der Waals surface area contributed by atoms with Crippen LogP contribution in [-0.2, 0) is 10.5 Å². The molecule has 1 aromatic heterocycles. The number of carbonyl (C=O) groups is 1. The van der Waals surface area contributed by atoms with Crippen molar-refractivity contribution in [2.75, 3.05) is 12.0 Å². The van der Waals surface area contributed by atoms with Gasteiger partial charge in [-0.15, -0.1) is 10.2 Å². The zero-order chi connectivity index (χ0) is 20.7. The topological polar surface area (TPSA) is 77.2 Å². The van der Waals surface area contributed by atoms with Gasteiger partial charge in [0.25, 0.3) is 5.22 Å². The Morgan fingerprint density at radius 1 is 1.29 bits per heavy atom. The number of hydrogen-bond acceptors (Lipinski definition) is 7. The Morgan fingerprint density at radius 3 is 2.68 bits per heavy atom. The quantitative estimate of drug-likeness (QED) is 0.481. The molecular formula is C18H23Cl2N3O3S2. The van der Waals surface area contributed by atoms with Crippen molar-refractivity contribution in [3.8, 4) is 0 Å². The van der Waals surface area contributed by atoms with Crippen molar-refractivity contribution in [1.29, 1.82) is 0 Å². The van der Waals surface area contributed by atoms with Crippen molar-refractivity contribution < 1.29 is 13.9 Å². The largest absolute Gasteiger partial charge is 0.444 e. The van der Waals surface area contributed by atoms with Crippen LogP contribution in [0.1, 0.15) is 44.7 Å². The molecule has 28 heavy (non-hydrogen) atoms. The van der Waals surface area contributed by atoms with Crippen LogP contribution >= 0.6 is 46.7 Å². The molecule has 1 N–H and O–H groups in total. The zero-order valence-electron chi connectivity index (χ0n) is 16.1. The van der Waals surface area contributed by atoms with Crippen LogP contribution < -0.4 is 5.32 Å². The van der Waals surface area contributed by atoms with E-state index < -0.39 is 17.7 Å². The molecule has 0 aliphatic heterocycles. The minimum atomic E-state index is -0.580. The number of ether oxygens (including phenoxy) is 1. The summed E-state index contributed by atoms with van der Waals surface area (Å²) in [6.07, 6.45) is 2.14. The summed E-state index contributed by atoms with van der Waals surface area (Å²) in [7, 11) is 0. The lowest BCUT2D eigenvalue weighted by Gasteiger charge is -2.22. The molecular weight excluding hydrogens is 441 g/mol. The maximum absolute atomic E-state index is 12.1. The summed E-state index contributed by atoms with van der Waals surface area (Å²) in [5, 5.41) is 12.4. The first-order valence-corrected chi connectivity index (χ1v) is 11.7. The summed E-state index contributed by atoms with van der Waals surface area (Å²) in [5.41, 5.74) is 0.411. The first kappa shape index (κ1) is 23.2. The molecule has 10 heteroatoms. The van der Waals surface area contributed by atoms with Gasteiger partial charge in [0.2, 0.25) is 5.89 Å². The molecule has 1 heterocycles. The third-order valence-electron chi connectivity index (χ3n) is 3.37. The average Bonchev–Trinajstić information content (AvgIpc) is 3.07. The summed E-state index contributed by atoms with van der Waals surface area (Å²) in [5.74, 6) is 1.79. The number of thioether (sulfide) groups is 2. The van der Waals surface area contributed by atoms with Crippen molar-refractivity contribution in [3.63, 3.8) is 0 Å². The molecule has 0 fully saturated rings. The van der Waals surface area contributed by atoms with Gasteiger partial charge in [0.05, 0.1) is 10.0 Å².